The summed E-state index contributed by atoms with van der Waals surface area (Å²) in [6, 6.07) is 10.0. The van der Waals surface area contributed by atoms with Crippen LogP contribution in [-0.2, 0) is 11.3 Å². The summed E-state index contributed by atoms with van der Waals surface area (Å²) in [5.74, 6) is 1.88. The Morgan fingerprint density at radius 2 is 2.03 bits per heavy atom. The Bertz CT molecular complexity index is 1080. The van der Waals surface area contributed by atoms with E-state index < -0.39 is 0 Å². The number of amides is 1. The van der Waals surface area contributed by atoms with Gasteiger partial charge in [0.2, 0.25) is 5.91 Å². The maximum atomic E-state index is 12.4. The summed E-state index contributed by atoms with van der Waals surface area (Å²) in [5, 5.41) is 7.07. The molecule has 2 aromatic heterocycles. The summed E-state index contributed by atoms with van der Waals surface area (Å²) in [5.41, 5.74) is 4.48. The summed E-state index contributed by atoms with van der Waals surface area (Å²) in [7, 11) is 0. The molecule has 6 nitrogen and oxygen atoms in total. The lowest BCUT2D eigenvalue weighted by Gasteiger charge is -2.17. The van der Waals surface area contributed by atoms with Crippen molar-refractivity contribution in [2.45, 2.75) is 52.5 Å². The van der Waals surface area contributed by atoms with Crippen LogP contribution in [-0.4, -0.2) is 21.0 Å². The molecule has 2 heterocycles. The summed E-state index contributed by atoms with van der Waals surface area (Å²) < 4.78 is 5.48. The van der Waals surface area contributed by atoms with Crippen LogP contribution in [0, 0.1) is 12.8 Å². The summed E-state index contributed by atoms with van der Waals surface area (Å²) in [4.78, 5) is 21.7. The Labute approximate surface area is 182 Å². The molecular weight excluding hydrogens is 388 g/mol. The van der Waals surface area contributed by atoms with Crippen LogP contribution in [0.4, 0.5) is 0 Å². The number of nitrogens with one attached hydrogen (secondary N) is 1. The Morgan fingerprint density at radius 1 is 1.23 bits per heavy atom. The van der Waals surface area contributed by atoms with Crippen LogP contribution in [0.25, 0.3) is 22.6 Å². The van der Waals surface area contributed by atoms with Crippen molar-refractivity contribution in [1.82, 2.24) is 20.4 Å². The molecule has 0 radical (unpaired) electrons. The molecule has 3 aromatic rings. The number of aromatic nitrogens is 3. The van der Waals surface area contributed by atoms with Crippen molar-refractivity contribution in [3.05, 3.63) is 65.8 Å². The molecule has 0 spiro atoms. The van der Waals surface area contributed by atoms with Gasteiger partial charge in [0.25, 0.3) is 0 Å². The minimum absolute atomic E-state index is 0.0904. The predicted octanol–water partition coefficient (Wildman–Crippen LogP) is 5.20. The zero-order valence-electron chi connectivity index (χ0n) is 18.3. The standard InChI is InChI=1S/C25H28N4O2/c1-16(2)24-26-15-21(22-13-17(3)29-31-22)23(28-24)19-11-9-18(10-12-19)14-27-25(30)20-7-5-4-6-8-20/h4-5,9-13,15-16,20H,6-8,14H2,1-3H3,(H,27,30)/t20-/m0/s1. The van der Waals surface area contributed by atoms with Crippen molar-refractivity contribution in [3.8, 4) is 22.6 Å². The highest BCUT2D eigenvalue weighted by molar-refractivity contribution is 5.79. The Balaban J connectivity index is 1.54. The Hall–Kier alpha value is -3.28. The molecule has 1 aliphatic rings. The van der Waals surface area contributed by atoms with Crippen molar-refractivity contribution in [2.24, 2.45) is 5.92 Å². The van der Waals surface area contributed by atoms with E-state index in [2.05, 4.69) is 41.5 Å². The maximum absolute atomic E-state index is 12.4. The van der Waals surface area contributed by atoms with Crippen LogP contribution in [0.3, 0.4) is 0 Å². The van der Waals surface area contributed by atoms with Crippen molar-refractivity contribution < 1.29 is 9.32 Å². The molecule has 160 valence electrons. The molecule has 6 heteroatoms. The molecule has 1 atom stereocenters. The van der Waals surface area contributed by atoms with Crippen molar-refractivity contribution >= 4 is 5.91 Å². The van der Waals surface area contributed by atoms with Crippen molar-refractivity contribution in [3.63, 3.8) is 0 Å². The fourth-order valence-corrected chi connectivity index (χ4v) is 3.71. The zero-order valence-corrected chi connectivity index (χ0v) is 18.3. The number of rotatable bonds is 6. The molecule has 31 heavy (non-hydrogen) atoms. The molecule has 1 aliphatic carbocycles. The Morgan fingerprint density at radius 3 is 2.68 bits per heavy atom. The average molecular weight is 417 g/mol. The van der Waals surface area contributed by atoms with Gasteiger partial charge in [-0.25, -0.2) is 9.97 Å². The first kappa shape index (κ1) is 21.0. The van der Waals surface area contributed by atoms with Gasteiger partial charge in [-0.3, -0.25) is 4.79 Å². The van der Waals surface area contributed by atoms with E-state index in [4.69, 9.17) is 9.51 Å². The first-order valence-electron chi connectivity index (χ1n) is 10.8. The van der Waals surface area contributed by atoms with Gasteiger partial charge in [0, 0.05) is 36.2 Å². The van der Waals surface area contributed by atoms with Crippen LogP contribution in [0.15, 0.2) is 53.2 Å². The number of hydrogen-bond donors (Lipinski definition) is 1. The molecule has 0 fully saturated rings. The number of hydrogen-bond acceptors (Lipinski definition) is 5. The van der Waals surface area contributed by atoms with Gasteiger partial charge in [0.05, 0.1) is 17.0 Å². The second-order valence-corrected chi connectivity index (χ2v) is 8.37. The van der Waals surface area contributed by atoms with Crippen LogP contribution < -0.4 is 5.32 Å². The molecule has 0 bridgehead atoms. The van der Waals surface area contributed by atoms with E-state index in [0.717, 1.165) is 53.2 Å². The second-order valence-electron chi connectivity index (χ2n) is 8.37. The van der Waals surface area contributed by atoms with Gasteiger partial charge in [-0.15, -0.1) is 0 Å². The number of carbonyl (C=O) groups excluding carboxylic acids is 1. The van der Waals surface area contributed by atoms with Crippen LogP contribution in [0.5, 0.6) is 0 Å². The first-order chi connectivity index (χ1) is 15.0. The van der Waals surface area contributed by atoms with Gasteiger partial charge in [-0.05, 0) is 31.7 Å². The predicted molar refractivity (Wildman–Crippen MR) is 120 cm³/mol. The number of aryl methyl sites for hydroxylation is 1. The minimum atomic E-state index is 0.0904. The third kappa shape index (κ3) is 4.90. The first-order valence-corrected chi connectivity index (χ1v) is 10.8. The third-order valence-electron chi connectivity index (χ3n) is 5.55. The molecule has 0 saturated carbocycles. The van der Waals surface area contributed by atoms with Crippen LogP contribution in [0.2, 0.25) is 0 Å². The monoisotopic (exact) mass is 416 g/mol. The largest absolute Gasteiger partial charge is 0.356 e. The van der Waals surface area contributed by atoms with E-state index in [9.17, 15) is 4.79 Å². The van der Waals surface area contributed by atoms with Gasteiger partial charge in [0.1, 0.15) is 5.82 Å². The van der Waals surface area contributed by atoms with Gasteiger partial charge < -0.3 is 9.84 Å². The summed E-state index contributed by atoms with van der Waals surface area (Å²) in [6.45, 7) is 6.56. The van der Waals surface area contributed by atoms with Gasteiger partial charge in [-0.2, -0.15) is 0 Å². The lowest BCUT2D eigenvalue weighted by molar-refractivity contribution is -0.125. The topological polar surface area (TPSA) is 80.9 Å². The Kier molecular flexibility index (Phi) is 6.26. The molecule has 0 aliphatic heterocycles. The molecule has 1 N–H and O–H groups in total. The van der Waals surface area contributed by atoms with Crippen LogP contribution in [0.1, 0.15) is 56.1 Å². The second kappa shape index (κ2) is 9.25. The van der Waals surface area contributed by atoms with Crippen molar-refractivity contribution in [1.29, 1.82) is 0 Å². The fourth-order valence-electron chi connectivity index (χ4n) is 3.71. The number of nitrogens with zero attached hydrogens (tertiary/aromatic N) is 3. The van der Waals surface area contributed by atoms with E-state index >= 15 is 0 Å². The van der Waals surface area contributed by atoms with Gasteiger partial charge >= 0.3 is 0 Å². The van der Waals surface area contributed by atoms with E-state index in [1.807, 2.05) is 43.5 Å². The normalized spacial score (nSPS) is 15.9. The molecule has 1 aromatic carbocycles. The van der Waals surface area contributed by atoms with Crippen LogP contribution >= 0.6 is 0 Å². The molecular formula is C25H28N4O2. The number of allylic oxidation sites excluding steroid dienone is 2. The SMILES string of the molecule is Cc1cc(-c2cnc(C(C)C)nc2-c2ccc(CNC(=O)[C@H]3CC=CCC3)cc2)on1. The maximum Gasteiger partial charge on any atom is 0.223 e. The molecule has 4 rings (SSSR count). The highest BCUT2D eigenvalue weighted by atomic mass is 16.5. The summed E-state index contributed by atoms with van der Waals surface area (Å²) >= 11 is 0. The number of carbonyl (C=O) groups is 1. The highest BCUT2D eigenvalue weighted by Gasteiger charge is 2.19. The summed E-state index contributed by atoms with van der Waals surface area (Å²) in [6.07, 6.45) is 8.80. The fraction of sp³-hybridized carbons (Fsp3) is 0.360. The third-order valence-corrected chi connectivity index (χ3v) is 5.55. The quantitative estimate of drug-likeness (QED) is 0.558. The molecule has 1 amide bonds. The molecule has 0 saturated heterocycles. The smallest absolute Gasteiger partial charge is 0.223 e. The minimum Gasteiger partial charge on any atom is -0.356 e. The van der Waals surface area contributed by atoms with Gasteiger partial charge in [0.15, 0.2) is 5.76 Å². The lowest BCUT2D eigenvalue weighted by atomic mass is 9.93. The molecule has 0 unspecified atom stereocenters. The number of benzene rings is 1. The van der Waals surface area contributed by atoms with E-state index in [1.54, 1.807) is 0 Å². The zero-order chi connectivity index (χ0) is 21.8. The van der Waals surface area contributed by atoms with E-state index in [-0.39, 0.29) is 17.7 Å². The van der Waals surface area contributed by atoms with E-state index in [1.165, 1.54) is 0 Å². The average Bonchev–Trinajstić information content (AvgIpc) is 3.24. The lowest BCUT2D eigenvalue weighted by Crippen LogP contribution is -2.30. The van der Waals surface area contributed by atoms with E-state index in [0.29, 0.717) is 12.3 Å². The van der Waals surface area contributed by atoms with Crippen molar-refractivity contribution in [2.75, 3.05) is 0 Å². The van der Waals surface area contributed by atoms with Gasteiger partial charge in [-0.1, -0.05) is 55.4 Å². The highest BCUT2D eigenvalue weighted by Crippen LogP contribution is 2.31.